The Hall–Kier alpha value is -1.55. The summed E-state index contributed by atoms with van der Waals surface area (Å²) >= 11 is 0. The van der Waals surface area contributed by atoms with Gasteiger partial charge in [-0.2, -0.15) is 0 Å². The van der Waals surface area contributed by atoms with Gasteiger partial charge in [0.1, 0.15) is 5.75 Å². The molecule has 1 aromatic rings. The van der Waals surface area contributed by atoms with Crippen LogP contribution in [0.1, 0.15) is 43.0 Å². The summed E-state index contributed by atoms with van der Waals surface area (Å²) in [5, 5.41) is 12.4. The van der Waals surface area contributed by atoms with E-state index in [2.05, 4.69) is 5.32 Å². The van der Waals surface area contributed by atoms with Crippen molar-refractivity contribution in [2.75, 3.05) is 13.2 Å². The minimum atomic E-state index is -0.0862. The molecule has 0 radical (unpaired) electrons. The molecule has 2 rings (SSSR count). The normalized spacial score (nSPS) is 22.3. The maximum Gasteiger partial charge on any atom is 0.251 e. The molecule has 1 amide bonds. The molecule has 4 nitrogen and oxygen atoms in total. The standard InChI is InChI=1S/C16H23NO3/c1-2-20-14-8-5-7-12(10-14)16(19)17-15-9-4-3-6-13(15)11-18/h5,7-8,10,13,15,18H,2-4,6,9,11H2,1H3,(H,17,19). The number of nitrogens with one attached hydrogen (secondary N) is 1. The molecule has 0 saturated heterocycles. The summed E-state index contributed by atoms with van der Waals surface area (Å²) in [6.45, 7) is 2.64. The van der Waals surface area contributed by atoms with Crippen molar-refractivity contribution in [3.8, 4) is 5.75 Å². The highest BCUT2D eigenvalue weighted by Gasteiger charge is 2.26. The fourth-order valence-corrected chi connectivity index (χ4v) is 2.76. The number of carbonyl (C=O) groups excluding carboxylic acids is 1. The van der Waals surface area contributed by atoms with Gasteiger partial charge in [-0.05, 0) is 38.0 Å². The molecule has 1 aliphatic rings. The number of benzene rings is 1. The number of aliphatic hydroxyl groups is 1. The highest BCUT2D eigenvalue weighted by molar-refractivity contribution is 5.94. The van der Waals surface area contributed by atoms with Gasteiger partial charge in [-0.25, -0.2) is 0 Å². The molecule has 0 spiro atoms. The van der Waals surface area contributed by atoms with Crippen LogP contribution in [0.4, 0.5) is 0 Å². The van der Waals surface area contributed by atoms with Gasteiger partial charge in [-0.15, -0.1) is 0 Å². The highest BCUT2D eigenvalue weighted by atomic mass is 16.5. The van der Waals surface area contributed by atoms with E-state index in [1.165, 1.54) is 0 Å². The van der Waals surface area contributed by atoms with E-state index < -0.39 is 0 Å². The highest BCUT2D eigenvalue weighted by Crippen LogP contribution is 2.24. The van der Waals surface area contributed by atoms with Crippen molar-refractivity contribution in [1.82, 2.24) is 5.32 Å². The van der Waals surface area contributed by atoms with Crippen molar-refractivity contribution < 1.29 is 14.6 Å². The third-order valence-corrected chi connectivity index (χ3v) is 3.87. The van der Waals surface area contributed by atoms with E-state index in [0.717, 1.165) is 25.7 Å². The SMILES string of the molecule is CCOc1cccc(C(=O)NC2CCCCC2CO)c1. The van der Waals surface area contributed by atoms with Crippen LogP contribution in [-0.4, -0.2) is 30.3 Å². The Morgan fingerprint density at radius 3 is 2.95 bits per heavy atom. The van der Waals surface area contributed by atoms with Gasteiger partial charge in [-0.3, -0.25) is 4.79 Å². The van der Waals surface area contributed by atoms with Crippen molar-refractivity contribution in [2.24, 2.45) is 5.92 Å². The first-order chi connectivity index (χ1) is 9.74. The molecular weight excluding hydrogens is 254 g/mol. The molecule has 1 saturated carbocycles. The van der Waals surface area contributed by atoms with E-state index in [1.54, 1.807) is 12.1 Å². The van der Waals surface area contributed by atoms with Crippen LogP contribution < -0.4 is 10.1 Å². The maximum absolute atomic E-state index is 12.3. The number of hydrogen-bond donors (Lipinski definition) is 2. The van der Waals surface area contributed by atoms with Gasteiger partial charge in [-0.1, -0.05) is 18.9 Å². The molecule has 2 unspecified atom stereocenters. The average molecular weight is 277 g/mol. The van der Waals surface area contributed by atoms with Gasteiger partial charge >= 0.3 is 0 Å². The van der Waals surface area contributed by atoms with E-state index in [0.29, 0.717) is 17.9 Å². The fraction of sp³-hybridized carbons (Fsp3) is 0.562. The van der Waals surface area contributed by atoms with Crippen LogP contribution in [0.5, 0.6) is 5.75 Å². The Morgan fingerprint density at radius 2 is 2.20 bits per heavy atom. The zero-order chi connectivity index (χ0) is 14.4. The molecule has 0 bridgehead atoms. The van der Waals surface area contributed by atoms with Gasteiger partial charge in [0.25, 0.3) is 5.91 Å². The second-order valence-corrected chi connectivity index (χ2v) is 5.27. The monoisotopic (exact) mass is 277 g/mol. The second-order valence-electron chi connectivity index (χ2n) is 5.27. The lowest BCUT2D eigenvalue weighted by Gasteiger charge is -2.30. The summed E-state index contributed by atoms with van der Waals surface area (Å²) in [5.41, 5.74) is 0.609. The molecule has 20 heavy (non-hydrogen) atoms. The second kappa shape index (κ2) is 7.29. The van der Waals surface area contributed by atoms with E-state index >= 15 is 0 Å². The fourth-order valence-electron chi connectivity index (χ4n) is 2.76. The molecule has 1 fully saturated rings. The average Bonchev–Trinajstić information content (AvgIpc) is 2.48. The summed E-state index contributed by atoms with van der Waals surface area (Å²) < 4.78 is 5.41. The largest absolute Gasteiger partial charge is 0.494 e. The van der Waals surface area contributed by atoms with Crippen LogP contribution in [0.3, 0.4) is 0 Å². The molecule has 2 N–H and O–H groups in total. The summed E-state index contributed by atoms with van der Waals surface area (Å²) in [7, 11) is 0. The summed E-state index contributed by atoms with van der Waals surface area (Å²) in [6, 6.07) is 7.29. The Bertz CT molecular complexity index is 447. The molecule has 110 valence electrons. The number of carbonyl (C=O) groups is 1. The van der Waals surface area contributed by atoms with Crippen LogP contribution >= 0.6 is 0 Å². The van der Waals surface area contributed by atoms with Gasteiger partial charge < -0.3 is 15.2 Å². The van der Waals surface area contributed by atoms with Gasteiger partial charge in [0, 0.05) is 24.1 Å². The predicted octanol–water partition coefficient (Wildman–Crippen LogP) is 2.37. The number of hydrogen-bond acceptors (Lipinski definition) is 3. The number of aliphatic hydroxyl groups excluding tert-OH is 1. The molecule has 4 heteroatoms. The topological polar surface area (TPSA) is 58.6 Å². The lowest BCUT2D eigenvalue weighted by atomic mass is 9.85. The van der Waals surface area contributed by atoms with Crippen LogP contribution in [0.2, 0.25) is 0 Å². The first kappa shape index (κ1) is 14.9. The quantitative estimate of drug-likeness (QED) is 0.868. The predicted molar refractivity (Wildman–Crippen MR) is 77.9 cm³/mol. The van der Waals surface area contributed by atoms with Crippen molar-refractivity contribution in [2.45, 2.75) is 38.6 Å². The summed E-state index contributed by atoms with van der Waals surface area (Å²) in [6.07, 6.45) is 4.18. The van der Waals surface area contributed by atoms with Gasteiger partial charge in [0.2, 0.25) is 0 Å². The first-order valence-corrected chi connectivity index (χ1v) is 7.39. The van der Waals surface area contributed by atoms with Crippen molar-refractivity contribution in [3.05, 3.63) is 29.8 Å². The zero-order valence-electron chi connectivity index (χ0n) is 12.0. The maximum atomic E-state index is 12.3. The van der Waals surface area contributed by atoms with Gasteiger partial charge in [0.15, 0.2) is 0 Å². The van der Waals surface area contributed by atoms with Crippen LogP contribution in [0.25, 0.3) is 0 Å². The minimum absolute atomic E-state index is 0.0806. The third kappa shape index (κ3) is 3.73. The molecule has 0 aliphatic heterocycles. The van der Waals surface area contributed by atoms with Gasteiger partial charge in [0.05, 0.1) is 6.61 Å². The Labute approximate surface area is 120 Å². The van der Waals surface area contributed by atoms with Crippen LogP contribution in [0.15, 0.2) is 24.3 Å². The Morgan fingerprint density at radius 1 is 1.40 bits per heavy atom. The number of rotatable bonds is 5. The van der Waals surface area contributed by atoms with E-state index in [-0.39, 0.29) is 24.5 Å². The summed E-state index contributed by atoms with van der Waals surface area (Å²) in [5.74, 6) is 0.808. The third-order valence-electron chi connectivity index (χ3n) is 3.87. The number of amides is 1. The first-order valence-electron chi connectivity index (χ1n) is 7.39. The Kier molecular flexibility index (Phi) is 5.41. The van der Waals surface area contributed by atoms with Crippen LogP contribution in [-0.2, 0) is 0 Å². The molecule has 0 heterocycles. The lowest BCUT2D eigenvalue weighted by Crippen LogP contribution is -2.43. The number of ether oxygens (including phenoxy) is 1. The van der Waals surface area contributed by atoms with Crippen molar-refractivity contribution >= 4 is 5.91 Å². The molecule has 0 aromatic heterocycles. The zero-order valence-corrected chi connectivity index (χ0v) is 12.0. The molecule has 2 atom stereocenters. The van der Waals surface area contributed by atoms with E-state index in [1.807, 2.05) is 19.1 Å². The minimum Gasteiger partial charge on any atom is -0.494 e. The van der Waals surface area contributed by atoms with E-state index in [4.69, 9.17) is 4.74 Å². The Balaban J connectivity index is 2.01. The lowest BCUT2D eigenvalue weighted by molar-refractivity contribution is 0.0872. The summed E-state index contributed by atoms with van der Waals surface area (Å²) in [4.78, 5) is 12.3. The van der Waals surface area contributed by atoms with E-state index in [9.17, 15) is 9.90 Å². The molecule has 1 aliphatic carbocycles. The van der Waals surface area contributed by atoms with Crippen molar-refractivity contribution in [3.63, 3.8) is 0 Å². The molecule has 1 aromatic carbocycles. The molecular formula is C16H23NO3. The van der Waals surface area contributed by atoms with Crippen LogP contribution in [0, 0.1) is 5.92 Å². The van der Waals surface area contributed by atoms with Crippen molar-refractivity contribution in [1.29, 1.82) is 0 Å². The smallest absolute Gasteiger partial charge is 0.251 e.